The smallest absolute Gasteiger partial charge is 0.254 e. The molecule has 0 bridgehead atoms. The average Bonchev–Trinajstić information content (AvgIpc) is 2.46. The Morgan fingerprint density at radius 1 is 1.35 bits per heavy atom. The quantitative estimate of drug-likeness (QED) is 0.932. The Morgan fingerprint density at radius 3 is 2.65 bits per heavy atom. The third-order valence-electron chi connectivity index (χ3n) is 3.39. The van der Waals surface area contributed by atoms with E-state index in [-0.39, 0.29) is 11.8 Å². The van der Waals surface area contributed by atoms with Gasteiger partial charge in [-0.05, 0) is 37.5 Å². The van der Waals surface area contributed by atoms with Crippen molar-refractivity contribution in [1.82, 2.24) is 5.32 Å². The Hall–Kier alpha value is -1.55. The van der Waals surface area contributed by atoms with Gasteiger partial charge in [-0.1, -0.05) is 25.4 Å². The molecule has 20 heavy (non-hydrogen) atoms. The number of amides is 2. The van der Waals surface area contributed by atoms with E-state index in [0.717, 1.165) is 0 Å². The molecular formula is C15H19ClN2O2. The standard InChI is InChI=1S/C15H19ClN2O2/c1-4-18-13-8-10(16)5-6-11(13)14(19)17-12(15(18)20)7-9(2)3/h5-6,8-9,12H,4,7H2,1-3H3,(H,17,19). The van der Waals surface area contributed by atoms with Crippen molar-refractivity contribution in [2.45, 2.75) is 33.2 Å². The van der Waals surface area contributed by atoms with Crippen LogP contribution in [0.25, 0.3) is 0 Å². The van der Waals surface area contributed by atoms with Gasteiger partial charge in [0.15, 0.2) is 0 Å². The van der Waals surface area contributed by atoms with Crippen LogP contribution in [-0.2, 0) is 4.79 Å². The normalized spacial score (nSPS) is 18.9. The average molecular weight is 295 g/mol. The summed E-state index contributed by atoms with van der Waals surface area (Å²) in [7, 11) is 0. The lowest BCUT2D eigenvalue weighted by Crippen LogP contribution is -2.46. The highest BCUT2D eigenvalue weighted by atomic mass is 35.5. The summed E-state index contributed by atoms with van der Waals surface area (Å²) in [5, 5.41) is 3.35. The molecule has 0 saturated carbocycles. The lowest BCUT2D eigenvalue weighted by Gasteiger charge is -2.24. The molecule has 0 spiro atoms. The summed E-state index contributed by atoms with van der Waals surface area (Å²) < 4.78 is 0. The second-order valence-corrected chi connectivity index (χ2v) is 5.84. The summed E-state index contributed by atoms with van der Waals surface area (Å²) in [5.41, 5.74) is 1.09. The number of nitrogens with zero attached hydrogens (tertiary/aromatic N) is 1. The van der Waals surface area contributed by atoms with Crippen LogP contribution in [0.4, 0.5) is 5.69 Å². The second-order valence-electron chi connectivity index (χ2n) is 5.40. The molecule has 2 rings (SSSR count). The molecule has 1 aliphatic rings. The largest absolute Gasteiger partial charge is 0.340 e. The minimum absolute atomic E-state index is 0.0735. The highest BCUT2D eigenvalue weighted by molar-refractivity contribution is 6.31. The summed E-state index contributed by atoms with van der Waals surface area (Å²) in [6.07, 6.45) is 0.628. The molecule has 5 heteroatoms. The predicted molar refractivity (Wildman–Crippen MR) is 80.2 cm³/mol. The molecule has 1 unspecified atom stereocenters. The maximum atomic E-state index is 12.6. The molecule has 0 aliphatic carbocycles. The van der Waals surface area contributed by atoms with Crippen molar-refractivity contribution in [1.29, 1.82) is 0 Å². The zero-order chi connectivity index (χ0) is 14.9. The number of fused-ring (bicyclic) bond motifs is 1. The van der Waals surface area contributed by atoms with E-state index in [1.54, 1.807) is 23.1 Å². The maximum Gasteiger partial charge on any atom is 0.254 e. The molecule has 108 valence electrons. The number of carbonyl (C=O) groups is 2. The second kappa shape index (κ2) is 5.83. The SMILES string of the molecule is CCN1C(=O)C(CC(C)C)NC(=O)c2ccc(Cl)cc21. The van der Waals surface area contributed by atoms with Gasteiger partial charge >= 0.3 is 0 Å². The number of likely N-dealkylation sites (N-methyl/N-ethyl adjacent to an activating group) is 1. The van der Waals surface area contributed by atoms with Crippen molar-refractivity contribution < 1.29 is 9.59 Å². The van der Waals surface area contributed by atoms with Crippen molar-refractivity contribution in [3.05, 3.63) is 28.8 Å². The van der Waals surface area contributed by atoms with Crippen molar-refractivity contribution in [2.75, 3.05) is 11.4 Å². The van der Waals surface area contributed by atoms with Crippen LogP contribution in [0, 0.1) is 5.92 Å². The maximum absolute atomic E-state index is 12.6. The minimum Gasteiger partial charge on any atom is -0.340 e. The molecule has 0 radical (unpaired) electrons. The van der Waals surface area contributed by atoms with Crippen molar-refractivity contribution in [3.63, 3.8) is 0 Å². The first-order valence-electron chi connectivity index (χ1n) is 6.85. The van der Waals surface area contributed by atoms with E-state index in [4.69, 9.17) is 11.6 Å². The summed E-state index contributed by atoms with van der Waals surface area (Å²) in [6.45, 7) is 6.47. The van der Waals surface area contributed by atoms with Gasteiger partial charge in [0.2, 0.25) is 5.91 Å². The van der Waals surface area contributed by atoms with Crippen LogP contribution in [0.1, 0.15) is 37.6 Å². The van der Waals surface area contributed by atoms with Gasteiger partial charge < -0.3 is 10.2 Å². The van der Waals surface area contributed by atoms with E-state index in [1.165, 1.54) is 0 Å². The first-order valence-corrected chi connectivity index (χ1v) is 7.23. The summed E-state index contributed by atoms with van der Waals surface area (Å²) >= 11 is 6.00. The van der Waals surface area contributed by atoms with Crippen LogP contribution in [0.15, 0.2) is 18.2 Å². The lowest BCUT2D eigenvalue weighted by molar-refractivity contribution is -0.120. The molecule has 1 aromatic carbocycles. The number of hydrogen-bond acceptors (Lipinski definition) is 2. The van der Waals surface area contributed by atoms with Gasteiger partial charge in [-0.2, -0.15) is 0 Å². The molecule has 1 N–H and O–H groups in total. The summed E-state index contributed by atoms with van der Waals surface area (Å²) in [5.74, 6) is 0.0370. The first kappa shape index (κ1) is 14.9. The Kier molecular flexibility index (Phi) is 4.33. The molecule has 1 heterocycles. The van der Waals surface area contributed by atoms with Crippen molar-refractivity contribution in [3.8, 4) is 0 Å². The number of benzene rings is 1. The van der Waals surface area contributed by atoms with E-state index in [0.29, 0.717) is 35.2 Å². The van der Waals surface area contributed by atoms with Crippen LogP contribution in [0.5, 0.6) is 0 Å². The fraction of sp³-hybridized carbons (Fsp3) is 0.467. The number of carbonyl (C=O) groups excluding carboxylic acids is 2. The van der Waals surface area contributed by atoms with E-state index >= 15 is 0 Å². The van der Waals surface area contributed by atoms with E-state index in [2.05, 4.69) is 5.32 Å². The Morgan fingerprint density at radius 2 is 2.05 bits per heavy atom. The third-order valence-corrected chi connectivity index (χ3v) is 3.62. The van der Waals surface area contributed by atoms with Crippen molar-refractivity contribution >= 4 is 29.1 Å². The number of nitrogens with one attached hydrogen (secondary N) is 1. The Balaban J connectivity index is 2.47. The zero-order valence-electron chi connectivity index (χ0n) is 11.9. The highest BCUT2D eigenvalue weighted by Gasteiger charge is 2.33. The molecular weight excluding hydrogens is 276 g/mol. The molecule has 0 aromatic heterocycles. The van der Waals surface area contributed by atoms with Gasteiger partial charge in [0, 0.05) is 11.6 Å². The summed E-state index contributed by atoms with van der Waals surface area (Å²) in [4.78, 5) is 26.5. The van der Waals surface area contributed by atoms with Gasteiger partial charge in [-0.15, -0.1) is 0 Å². The number of anilines is 1. The summed E-state index contributed by atoms with van der Waals surface area (Å²) in [6, 6.07) is 4.53. The van der Waals surface area contributed by atoms with E-state index in [9.17, 15) is 9.59 Å². The Labute approximate surface area is 124 Å². The zero-order valence-corrected chi connectivity index (χ0v) is 12.7. The van der Waals surface area contributed by atoms with Gasteiger partial charge in [0.05, 0.1) is 11.3 Å². The Bertz CT molecular complexity index is 543. The monoisotopic (exact) mass is 294 g/mol. The van der Waals surface area contributed by atoms with Crippen LogP contribution in [0.2, 0.25) is 5.02 Å². The van der Waals surface area contributed by atoms with Gasteiger partial charge in [0.1, 0.15) is 6.04 Å². The number of hydrogen-bond donors (Lipinski definition) is 1. The van der Waals surface area contributed by atoms with Crippen LogP contribution in [-0.4, -0.2) is 24.4 Å². The molecule has 1 aliphatic heterocycles. The fourth-order valence-corrected chi connectivity index (χ4v) is 2.65. The van der Waals surface area contributed by atoms with Crippen LogP contribution < -0.4 is 10.2 Å². The predicted octanol–water partition coefficient (Wildman–Crippen LogP) is 2.85. The topological polar surface area (TPSA) is 49.4 Å². The number of rotatable bonds is 3. The van der Waals surface area contributed by atoms with Crippen molar-refractivity contribution in [2.24, 2.45) is 5.92 Å². The van der Waals surface area contributed by atoms with E-state index < -0.39 is 6.04 Å². The molecule has 1 atom stereocenters. The van der Waals surface area contributed by atoms with Crippen LogP contribution in [0.3, 0.4) is 0 Å². The van der Waals surface area contributed by atoms with E-state index in [1.807, 2.05) is 20.8 Å². The van der Waals surface area contributed by atoms with Crippen LogP contribution >= 0.6 is 11.6 Å². The highest BCUT2D eigenvalue weighted by Crippen LogP contribution is 2.28. The minimum atomic E-state index is -0.478. The third kappa shape index (κ3) is 2.80. The van der Waals surface area contributed by atoms with Gasteiger partial charge in [-0.3, -0.25) is 9.59 Å². The fourth-order valence-electron chi connectivity index (χ4n) is 2.48. The lowest BCUT2D eigenvalue weighted by atomic mass is 10.0. The first-order chi connectivity index (χ1) is 9.43. The molecule has 0 fully saturated rings. The molecule has 4 nitrogen and oxygen atoms in total. The molecule has 0 saturated heterocycles. The molecule has 2 amide bonds. The molecule has 1 aromatic rings. The van der Waals surface area contributed by atoms with Gasteiger partial charge in [-0.25, -0.2) is 0 Å². The number of halogens is 1. The van der Waals surface area contributed by atoms with Gasteiger partial charge in [0.25, 0.3) is 5.91 Å².